The lowest BCUT2D eigenvalue weighted by atomic mass is 9.87. The van der Waals surface area contributed by atoms with Gasteiger partial charge in [0.15, 0.2) is 0 Å². The molecular formula is C18H22FNO. The summed E-state index contributed by atoms with van der Waals surface area (Å²) in [6, 6.07) is 10.8. The molecule has 0 aliphatic rings. The molecule has 0 bridgehead atoms. The first-order chi connectivity index (χ1) is 9.93. The minimum Gasteiger partial charge on any atom is -0.388 e. The zero-order valence-electron chi connectivity index (χ0n) is 12.7. The van der Waals surface area contributed by atoms with Crippen LogP contribution in [-0.4, -0.2) is 11.7 Å². The van der Waals surface area contributed by atoms with Gasteiger partial charge in [0.1, 0.15) is 5.82 Å². The van der Waals surface area contributed by atoms with Crippen LogP contribution in [0.15, 0.2) is 36.4 Å². The van der Waals surface area contributed by atoms with Crippen LogP contribution in [0.5, 0.6) is 0 Å². The molecule has 0 fully saturated rings. The summed E-state index contributed by atoms with van der Waals surface area (Å²) in [6.45, 7) is 6.12. The summed E-state index contributed by atoms with van der Waals surface area (Å²) >= 11 is 0. The van der Waals surface area contributed by atoms with Crippen LogP contribution in [0.3, 0.4) is 0 Å². The molecular weight excluding hydrogens is 265 g/mol. The van der Waals surface area contributed by atoms with Gasteiger partial charge in [-0.2, -0.15) is 0 Å². The third-order valence-corrected chi connectivity index (χ3v) is 4.12. The first-order valence-electron chi connectivity index (χ1n) is 7.15. The molecule has 0 aromatic heterocycles. The molecule has 2 aromatic carbocycles. The summed E-state index contributed by atoms with van der Waals surface area (Å²) in [5, 5.41) is 10.6. The Morgan fingerprint density at radius 2 is 1.57 bits per heavy atom. The topological polar surface area (TPSA) is 46.2 Å². The van der Waals surface area contributed by atoms with Crippen LogP contribution in [0.1, 0.15) is 39.8 Å². The van der Waals surface area contributed by atoms with Crippen molar-refractivity contribution in [2.45, 2.75) is 32.8 Å². The van der Waals surface area contributed by atoms with E-state index in [1.807, 2.05) is 19.1 Å². The van der Waals surface area contributed by atoms with Gasteiger partial charge in [0, 0.05) is 12.5 Å². The minimum atomic E-state index is -0.739. The van der Waals surface area contributed by atoms with Crippen LogP contribution >= 0.6 is 0 Å². The number of nitrogens with two attached hydrogens (primary N) is 1. The van der Waals surface area contributed by atoms with E-state index in [1.165, 1.54) is 17.2 Å². The van der Waals surface area contributed by atoms with Crippen molar-refractivity contribution in [2.75, 3.05) is 6.54 Å². The molecule has 0 amide bonds. The van der Waals surface area contributed by atoms with E-state index in [1.54, 1.807) is 19.1 Å². The monoisotopic (exact) mass is 287 g/mol. The van der Waals surface area contributed by atoms with Gasteiger partial charge in [-0.25, -0.2) is 4.39 Å². The van der Waals surface area contributed by atoms with Crippen LogP contribution in [0.4, 0.5) is 4.39 Å². The maximum Gasteiger partial charge on any atom is 0.126 e. The maximum absolute atomic E-state index is 13.4. The number of halogens is 1. The van der Waals surface area contributed by atoms with Crippen LogP contribution in [0, 0.1) is 26.6 Å². The van der Waals surface area contributed by atoms with Gasteiger partial charge in [0.2, 0.25) is 0 Å². The third-order valence-electron chi connectivity index (χ3n) is 4.12. The van der Waals surface area contributed by atoms with Crippen molar-refractivity contribution in [1.82, 2.24) is 0 Å². The molecule has 0 spiro atoms. The number of aliphatic hydroxyl groups excluding tert-OH is 1. The average molecular weight is 287 g/mol. The van der Waals surface area contributed by atoms with Crippen molar-refractivity contribution >= 4 is 0 Å². The molecule has 0 aliphatic heterocycles. The molecule has 2 nitrogen and oxygen atoms in total. The highest BCUT2D eigenvalue weighted by Crippen LogP contribution is 2.31. The standard InChI is InChI=1S/C18H22FNO/c1-11-4-5-14(8-12(11)2)16(10-20)18(21)15-6-7-17(19)13(3)9-15/h4-9,16,18,21H,10,20H2,1-3H3. The molecule has 2 unspecified atom stereocenters. The normalized spacial score (nSPS) is 14.0. The minimum absolute atomic E-state index is 0.200. The zero-order chi connectivity index (χ0) is 15.6. The van der Waals surface area contributed by atoms with E-state index in [0.717, 1.165) is 5.56 Å². The Hall–Kier alpha value is -1.71. The molecule has 0 saturated carbocycles. The lowest BCUT2D eigenvalue weighted by Crippen LogP contribution is -2.20. The molecule has 2 atom stereocenters. The van der Waals surface area contributed by atoms with E-state index in [-0.39, 0.29) is 11.7 Å². The lowest BCUT2D eigenvalue weighted by Gasteiger charge is -2.23. The number of benzene rings is 2. The van der Waals surface area contributed by atoms with Gasteiger partial charge in [-0.15, -0.1) is 0 Å². The Bertz CT molecular complexity index is 639. The smallest absolute Gasteiger partial charge is 0.126 e. The first kappa shape index (κ1) is 15.7. The molecule has 0 saturated heterocycles. The molecule has 21 heavy (non-hydrogen) atoms. The zero-order valence-corrected chi connectivity index (χ0v) is 12.7. The first-order valence-corrected chi connectivity index (χ1v) is 7.15. The highest BCUT2D eigenvalue weighted by molar-refractivity contribution is 5.35. The van der Waals surface area contributed by atoms with Gasteiger partial charge in [-0.1, -0.05) is 30.3 Å². The summed E-state index contributed by atoms with van der Waals surface area (Å²) < 4.78 is 13.4. The SMILES string of the molecule is Cc1ccc(C(CN)C(O)c2ccc(F)c(C)c2)cc1C. The third kappa shape index (κ3) is 3.31. The van der Waals surface area contributed by atoms with Crippen molar-refractivity contribution < 1.29 is 9.50 Å². The number of aryl methyl sites for hydroxylation is 3. The Kier molecular flexibility index (Phi) is 4.76. The largest absolute Gasteiger partial charge is 0.388 e. The van der Waals surface area contributed by atoms with Crippen LogP contribution in [0.25, 0.3) is 0 Å². The number of rotatable bonds is 4. The Balaban J connectivity index is 2.35. The summed E-state index contributed by atoms with van der Waals surface area (Å²) in [5.74, 6) is -0.462. The molecule has 0 radical (unpaired) electrons. The number of hydrogen-bond acceptors (Lipinski definition) is 2. The van der Waals surface area contributed by atoms with Crippen molar-refractivity contribution in [3.63, 3.8) is 0 Å². The van der Waals surface area contributed by atoms with Crippen molar-refractivity contribution in [3.8, 4) is 0 Å². The highest BCUT2D eigenvalue weighted by atomic mass is 19.1. The predicted molar refractivity (Wildman–Crippen MR) is 83.8 cm³/mol. The van der Waals surface area contributed by atoms with E-state index < -0.39 is 6.10 Å². The second-order valence-corrected chi connectivity index (χ2v) is 5.64. The van der Waals surface area contributed by atoms with Crippen LogP contribution in [-0.2, 0) is 0 Å². The van der Waals surface area contributed by atoms with Gasteiger partial charge in [0.25, 0.3) is 0 Å². The van der Waals surface area contributed by atoms with Crippen molar-refractivity contribution in [1.29, 1.82) is 0 Å². The van der Waals surface area contributed by atoms with E-state index in [2.05, 4.69) is 13.0 Å². The van der Waals surface area contributed by atoms with Gasteiger partial charge in [-0.3, -0.25) is 0 Å². The van der Waals surface area contributed by atoms with Gasteiger partial charge >= 0.3 is 0 Å². The average Bonchev–Trinajstić information content (AvgIpc) is 2.46. The predicted octanol–water partition coefficient (Wildman–Crippen LogP) is 3.53. The summed E-state index contributed by atoms with van der Waals surface area (Å²) in [4.78, 5) is 0. The van der Waals surface area contributed by atoms with E-state index in [9.17, 15) is 9.50 Å². The highest BCUT2D eigenvalue weighted by Gasteiger charge is 2.22. The van der Waals surface area contributed by atoms with Crippen molar-refractivity contribution in [3.05, 3.63) is 70.0 Å². The summed E-state index contributed by atoms with van der Waals surface area (Å²) in [6.07, 6.45) is -0.739. The number of aliphatic hydroxyl groups is 1. The van der Waals surface area contributed by atoms with Crippen molar-refractivity contribution in [2.24, 2.45) is 5.73 Å². The summed E-state index contributed by atoms with van der Waals surface area (Å²) in [7, 11) is 0. The molecule has 3 N–H and O–H groups in total. The van der Waals surface area contributed by atoms with E-state index >= 15 is 0 Å². The molecule has 0 aliphatic carbocycles. The Labute approximate surface area is 125 Å². The quantitative estimate of drug-likeness (QED) is 0.903. The molecule has 0 heterocycles. The van der Waals surface area contributed by atoms with Gasteiger partial charge in [0.05, 0.1) is 6.10 Å². The Morgan fingerprint density at radius 1 is 0.952 bits per heavy atom. The van der Waals surface area contributed by atoms with E-state index in [4.69, 9.17) is 5.73 Å². The second-order valence-electron chi connectivity index (χ2n) is 5.64. The fourth-order valence-electron chi connectivity index (χ4n) is 2.53. The molecule has 112 valence electrons. The fourth-order valence-corrected chi connectivity index (χ4v) is 2.53. The molecule has 2 rings (SSSR count). The fraction of sp³-hybridized carbons (Fsp3) is 0.333. The Morgan fingerprint density at radius 3 is 2.14 bits per heavy atom. The van der Waals surface area contributed by atoms with E-state index in [0.29, 0.717) is 17.7 Å². The number of hydrogen-bond donors (Lipinski definition) is 2. The maximum atomic E-state index is 13.4. The lowest BCUT2D eigenvalue weighted by molar-refractivity contribution is 0.147. The van der Waals surface area contributed by atoms with Gasteiger partial charge in [-0.05, 0) is 54.7 Å². The summed E-state index contributed by atoms with van der Waals surface area (Å²) in [5.41, 5.74) is 10.5. The second kappa shape index (κ2) is 6.37. The molecule has 3 heteroatoms. The van der Waals surface area contributed by atoms with Crippen LogP contribution < -0.4 is 5.73 Å². The molecule has 2 aromatic rings. The van der Waals surface area contributed by atoms with Crippen LogP contribution in [0.2, 0.25) is 0 Å². The van der Waals surface area contributed by atoms with Gasteiger partial charge < -0.3 is 10.8 Å².